The summed E-state index contributed by atoms with van der Waals surface area (Å²) in [6.07, 6.45) is 0.207. The largest absolute Gasteiger partial charge is 0.494 e. The molecule has 0 radical (unpaired) electrons. The number of amides is 1. The number of nitrogens with zero attached hydrogens (tertiary/aromatic N) is 2. The number of benzene rings is 2. The van der Waals surface area contributed by atoms with E-state index in [-0.39, 0.29) is 12.3 Å². The summed E-state index contributed by atoms with van der Waals surface area (Å²) < 4.78 is 5.47. The van der Waals surface area contributed by atoms with Crippen molar-refractivity contribution in [2.75, 3.05) is 11.9 Å². The zero-order valence-electron chi connectivity index (χ0n) is 15.4. The quantitative estimate of drug-likeness (QED) is 0.619. The molecule has 1 amide bonds. The minimum Gasteiger partial charge on any atom is -0.494 e. The van der Waals surface area contributed by atoms with Gasteiger partial charge in [0, 0.05) is 12.2 Å². The second-order valence-corrected chi connectivity index (χ2v) is 7.09. The molecule has 0 unspecified atom stereocenters. The first-order valence-corrected chi connectivity index (χ1v) is 9.58. The Morgan fingerprint density at radius 3 is 2.81 bits per heavy atom. The minimum atomic E-state index is -0.0879. The molecule has 1 aromatic heterocycles. The Hall–Kier alpha value is -2.93. The summed E-state index contributed by atoms with van der Waals surface area (Å²) in [5, 5.41) is 15.7. The van der Waals surface area contributed by atoms with Gasteiger partial charge in [-0.3, -0.25) is 4.79 Å². The second kappa shape index (κ2) is 9.14. The Morgan fingerprint density at radius 2 is 2.00 bits per heavy atom. The van der Waals surface area contributed by atoms with Gasteiger partial charge in [-0.1, -0.05) is 35.6 Å². The maximum Gasteiger partial charge on any atom is 0.227 e. The van der Waals surface area contributed by atoms with E-state index in [1.807, 2.05) is 62.4 Å². The van der Waals surface area contributed by atoms with Gasteiger partial charge in [-0.05, 0) is 49.2 Å². The highest BCUT2D eigenvalue weighted by Crippen LogP contribution is 2.21. The average Bonchev–Trinajstić information content (AvgIpc) is 3.07. The lowest BCUT2D eigenvalue weighted by atomic mass is 10.2. The Morgan fingerprint density at radius 1 is 1.15 bits per heavy atom. The summed E-state index contributed by atoms with van der Waals surface area (Å²) in [5.74, 6) is 0.718. The predicted molar refractivity (Wildman–Crippen MR) is 108 cm³/mol. The molecule has 0 atom stereocenters. The molecule has 0 spiro atoms. The molecule has 0 saturated carbocycles. The highest BCUT2D eigenvalue weighted by atomic mass is 32.1. The maximum absolute atomic E-state index is 12.2. The van der Waals surface area contributed by atoms with Crippen molar-refractivity contribution in [3.63, 3.8) is 0 Å². The van der Waals surface area contributed by atoms with E-state index in [9.17, 15) is 4.79 Å². The van der Waals surface area contributed by atoms with Crippen molar-refractivity contribution in [2.45, 2.75) is 26.8 Å². The molecule has 1 heterocycles. The number of hydrogen-bond donors (Lipinski definition) is 2. The van der Waals surface area contributed by atoms with Crippen molar-refractivity contribution < 1.29 is 9.53 Å². The standard InChI is InChI=1S/C20H22N4O2S/c1-3-26-17-9-5-7-15(11-17)13-21-18(25)12-19-23-24-20(27-19)22-16-8-4-6-14(2)10-16/h4-11H,3,12-13H2,1-2H3,(H,21,25)(H,22,24). The van der Waals surface area contributed by atoms with E-state index in [1.54, 1.807) is 0 Å². The number of hydrogen-bond acceptors (Lipinski definition) is 6. The van der Waals surface area contributed by atoms with Crippen LogP contribution in [0.4, 0.5) is 10.8 Å². The second-order valence-electron chi connectivity index (χ2n) is 6.03. The van der Waals surface area contributed by atoms with Crippen molar-refractivity contribution in [1.29, 1.82) is 0 Å². The Balaban J connectivity index is 1.51. The van der Waals surface area contributed by atoms with Gasteiger partial charge < -0.3 is 15.4 Å². The van der Waals surface area contributed by atoms with Gasteiger partial charge in [0.2, 0.25) is 11.0 Å². The topological polar surface area (TPSA) is 76.1 Å². The van der Waals surface area contributed by atoms with E-state index < -0.39 is 0 Å². The molecule has 0 aliphatic heterocycles. The van der Waals surface area contributed by atoms with Crippen LogP contribution >= 0.6 is 11.3 Å². The van der Waals surface area contributed by atoms with Crippen LogP contribution in [0.2, 0.25) is 0 Å². The fraction of sp³-hybridized carbons (Fsp3) is 0.250. The van der Waals surface area contributed by atoms with Crippen LogP contribution in [-0.4, -0.2) is 22.7 Å². The molecule has 3 aromatic rings. The first-order valence-electron chi connectivity index (χ1n) is 8.77. The summed E-state index contributed by atoms with van der Waals surface area (Å²) in [7, 11) is 0. The number of anilines is 2. The summed E-state index contributed by atoms with van der Waals surface area (Å²) in [6.45, 7) is 5.04. The van der Waals surface area contributed by atoms with Gasteiger partial charge >= 0.3 is 0 Å². The summed E-state index contributed by atoms with van der Waals surface area (Å²) in [6, 6.07) is 15.7. The van der Waals surface area contributed by atoms with Gasteiger partial charge in [0.05, 0.1) is 13.0 Å². The van der Waals surface area contributed by atoms with Gasteiger partial charge in [0.1, 0.15) is 10.8 Å². The molecule has 0 fully saturated rings. The van der Waals surface area contributed by atoms with Crippen LogP contribution in [-0.2, 0) is 17.8 Å². The lowest BCUT2D eigenvalue weighted by molar-refractivity contribution is -0.120. The van der Waals surface area contributed by atoms with Crippen LogP contribution < -0.4 is 15.4 Å². The van der Waals surface area contributed by atoms with E-state index in [2.05, 4.69) is 20.8 Å². The molecule has 7 heteroatoms. The third-order valence-electron chi connectivity index (χ3n) is 3.75. The highest BCUT2D eigenvalue weighted by molar-refractivity contribution is 7.15. The molecule has 2 N–H and O–H groups in total. The van der Waals surface area contributed by atoms with E-state index in [0.29, 0.717) is 23.3 Å². The third-order valence-corrected chi connectivity index (χ3v) is 4.59. The Kier molecular flexibility index (Phi) is 6.38. The molecule has 2 aromatic carbocycles. The highest BCUT2D eigenvalue weighted by Gasteiger charge is 2.10. The number of nitrogens with one attached hydrogen (secondary N) is 2. The first-order chi connectivity index (χ1) is 13.1. The molecule has 0 bridgehead atoms. The molecule has 3 rings (SSSR count). The average molecular weight is 382 g/mol. The first kappa shape index (κ1) is 18.8. The zero-order valence-corrected chi connectivity index (χ0v) is 16.2. The van der Waals surface area contributed by atoms with Gasteiger partial charge in [-0.25, -0.2) is 0 Å². The molecule has 0 aliphatic carbocycles. The zero-order chi connectivity index (χ0) is 19.1. The van der Waals surface area contributed by atoms with Crippen molar-refractivity contribution in [3.05, 3.63) is 64.7 Å². The number of rotatable bonds is 8. The predicted octanol–water partition coefficient (Wildman–Crippen LogP) is 3.85. The van der Waals surface area contributed by atoms with Crippen molar-refractivity contribution in [2.24, 2.45) is 0 Å². The van der Waals surface area contributed by atoms with Crippen LogP contribution in [0, 0.1) is 6.92 Å². The van der Waals surface area contributed by atoms with E-state index in [1.165, 1.54) is 11.3 Å². The van der Waals surface area contributed by atoms with Crippen LogP contribution in [0.3, 0.4) is 0 Å². The fourth-order valence-electron chi connectivity index (χ4n) is 2.53. The molecule has 6 nitrogen and oxygen atoms in total. The van der Waals surface area contributed by atoms with Gasteiger partial charge in [-0.2, -0.15) is 0 Å². The number of carbonyl (C=O) groups excluding carboxylic acids is 1. The molecular formula is C20H22N4O2S. The van der Waals surface area contributed by atoms with Crippen LogP contribution in [0.25, 0.3) is 0 Å². The van der Waals surface area contributed by atoms with E-state index in [0.717, 1.165) is 22.6 Å². The number of aryl methyl sites for hydroxylation is 1. The van der Waals surface area contributed by atoms with Crippen LogP contribution in [0.5, 0.6) is 5.75 Å². The lowest BCUT2D eigenvalue weighted by Crippen LogP contribution is -2.24. The summed E-state index contributed by atoms with van der Waals surface area (Å²) >= 11 is 1.38. The third kappa shape index (κ3) is 5.79. The normalized spacial score (nSPS) is 10.4. The van der Waals surface area contributed by atoms with E-state index in [4.69, 9.17) is 4.74 Å². The SMILES string of the molecule is CCOc1cccc(CNC(=O)Cc2nnc(Nc3cccc(C)c3)s2)c1. The number of carbonyl (C=O) groups is 1. The van der Waals surface area contributed by atoms with Crippen molar-refractivity contribution >= 4 is 28.1 Å². The van der Waals surface area contributed by atoms with Gasteiger partial charge in [-0.15, -0.1) is 10.2 Å². The molecule has 27 heavy (non-hydrogen) atoms. The van der Waals surface area contributed by atoms with Gasteiger partial charge in [0.25, 0.3) is 0 Å². The smallest absolute Gasteiger partial charge is 0.227 e. The fourth-order valence-corrected chi connectivity index (χ4v) is 3.29. The molecular weight excluding hydrogens is 360 g/mol. The van der Waals surface area contributed by atoms with Crippen molar-refractivity contribution in [1.82, 2.24) is 15.5 Å². The molecule has 0 saturated heterocycles. The Labute approximate surface area is 162 Å². The summed E-state index contributed by atoms with van der Waals surface area (Å²) in [5.41, 5.74) is 3.11. The number of aromatic nitrogens is 2. The van der Waals surface area contributed by atoms with Crippen LogP contribution in [0.15, 0.2) is 48.5 Å². The maximum atomic E-state index is 12.2. The van der Waals surface area contributed by atoms with Crippen LogP contribution in [0.1, 0.15) is 23.1 Å². The van der Waals surface area contributed by atoms with Gasteiger partial charge in [0.15, 0.2) is 0 Å². The van der Waals surface area contributed by atoms with E-state index >= 15 is 0 Å². The minimum absolute atomic E-state index is 0.0879. The number of ether oxygens (including phenoxy) is 1. The van der Waals surface area contributed by atoms with Crippen molar-refractivity contribution in [3.8, 4) is 5.75 Å². The lowest BCUT2D eigenvalue weighted by Gasteiger charge is -2.07. The molecule has 140 valence electrons. The summed E-state index contributed by atoms with van der Waals surface area (Å²) in [4.78, 5) is 12.2. The Bertz CT molecular complexity index is 910. The molecule has 0 aliphatic rings. The monoisotopic (exact) mass is 382 g/mol.